The highest BCUT2D eigenvalue weighted by Crippen LogP contribution is 2.31. The molecule has 2 N–H and O–H groups in total. The molecule has 1 fully saturated rings. The number of hydrogen-bond acceptors (Lipinski definition) is 5. The topological polar surface area (TPSA) is 74.4 Å². The molecule has 32 heavy (non-hydrogen) atoms. The molecule has 2 aromatic carbocycles. The van der Waals surface area contributed by atoms with Gasteiger partial charge in [-0.05, 0) is 48.1 Å². The van der Waals surface area contributed by atoms with Gasteiger partial charge >= 0.3 is 0 Å². The number of fused-ring (bicyclic) bond motifs is 1. The normalized spacial score (nSPS) is 18.3. The molecule has 2 aliphatic rings. The monoisotopic (exact) mass is 449 g/mol. The highest BCUT2D eigenvalue weighted by molar-refractivity contribution is 7.97. The molecule has 0 spiro atoms. The minimum atomic E-state index is -3.23. The molecule has 2 aliphatic heterocycles. The molecule has 0 amide bonds. The summed E-state index contributed by atoms with van der Waals surface area (Å²) in [5, 5.41) is 7.28. The third-order valence-electron chi connectivity index (χ3n) is 6.04. The van der Waals surface area contributed by atoms with E-state index in [0.29, 0.717) is 12.5 Å². The molecule has 5 rings (SSSR count). The SMILES string of the molecule is O=S1(=O)C=CN(Cc2cc(NCC3CCOCC3)c3[nH]c(-c4ccccc4)cc3c2)C=C1. The minimum absolute atomic E-state index is 0.594. The molecule has 166 valence electrons. The van der Waals surface area contributed by atoms with Crippen LogP contribution in [-0.2, 0) is 21.1 Å². The average molecular weight is 450 g/mol. The van der Waals surface area contributed by atoms with Crippen LogP contribution in [0.25, 0.3) is 22.2 Å². The number of aromatic amines is 1. The van der Waals surface area contributed by atoms with Gasteiger partial charge in [0.25, 0.3) is 0 Å². The predicted octanol–water partition coefficient (Wildman–Crippen LogP) is 4.85. The summed E-state index contributed by atoms with van der Waals surface area (Å²) in [6.07, 6.45) is 5.38. The van der Waals surface area contributed by atoms with Crippen LogP contribution in [0.15, 0.2) is 71.7 Å². The smallest absolute Gasteiger partial charge is 0.195 e. The van der Waals surface area contributed by atoms with E-state index in [1.165, 1.54) is 10.8 Å². The number of aromatic nitrogens is 1. The van der Waals surface area contributed by atoms with Crippen LogP contribution < -0.4 is 5.32 Å². The summed E-state index contributed by atoms with van der Waals surface area (Å²) in [6, 6.07) is 16.8. The van der Waals surface area contributed by atoms with Crippen molar-refractivity contribution < 1.29 is 13.2 Å². The van der Waals surface area contributed by atoms with Gasteiger partial charge in [0.1, 0.15) is 0 Å². The van der Waals surface area contributed by atoms with E-state index in [9.17, 15) is 8.42 Å². The molecular formula is C25H27N3O3S. The molecule has 1 saturated heterocycles. The summed E-state index contributed by atoms with van der Waals surface area (Å²) in [7, 11) is -3.23. The number of hydrogen-bond donors (Lipinski definition) is 2. The zero-order valence-corrected chi connectivity index (χ0v) is 18.6. The summed E-state index contributed by atoms with van der Waals surface area (Å²) in [5.41, 5.74) is 5.50. The fourth-order valence-electron chi connectivity index (χ4n) is 4.25. The second-order valence-electron chi connectivity index (χ2n) is 8.42. The number of nitrogens with zero attached hydrogens (tertiary/aromatic N) is 1. The van der Waals surface area contributed by atoms with Gasteiger partial charge in [0.15, 0.2) is 9.84 Å². The second kappa shape index (κ2) is 8.84. The first-order valence-electron chi connectivity index (χ1n) is 11.0. The Balaban J connectivity index is 1.46. The quantitative estimate of drug-likeness (QED) is 0.563. The summed E-state index contributed by atoms with van der Waals surface area (Å²) in [6.45, 7) is 3.16. The maximum Gasteiger partial charge on any atom is 0.195 e. The number of sulfone groups is 1. The molecular weight excluding hydrogens is 422 g/mol. The molecule has 0 atom stereocenters. The Morgan fingerprint density at radius 3 is 2.53 bits per heavy atom. The van der Waals surface area contributed by atoms with E-state index in [0.717, 1.165) is 66.0 Å². The van der Waals surface area contributed by atoms with Crippen LogP contribution in [0.2, 0.25) is 0 Å². The van der Waals surface area contributed by atoms with Crippen molar-refractivity contribution in [3.8, 4) is 11.3 Å². The van der Waals surface area contributed by atoms with Crippen molar-refractivity contribution in [1.29, 1.82) is 0 Å². The zero-order chi connectivity index (χ0) is 22.0. The van der Waals surface area contributed by atoms with Crippen molar-refractivity contribution >= 4 is 26.4 Å². The van der Waals surface area contributed by atoms with Gasteiger partial charge in [0, 0.05) is 49.8 Å². The molecule has 1 aromatic heterocycles. The Labute approximate surface area is 188 Å². The first-order valence-corrected chi connectivity index (χ1v) is 12.6. The van der Waals surface area contributed by atoms with Gasteiger partial charge in [-0.15, -0.1) is 0 Å². The Hall–Kier alpha value is -3.03. The fourth-order valence-corrected chi connectivity index (χ4v) is 4.99. The number of rotatable bonds is 6. The molecule has 0 saturated carbocycles. The predicted molar refractivity (Wildman–Crippen MR) is 129 cm³/mol. The van der Waals surface area contributed by atoms with E-state index in [1.54, 1.807) is 12.4 Å². The Bertz CT molecular complexity index is 1240. The van der Waals surface area contributed by atoms with E-state index in [1.807, 2.05) is 23.1 Å². The van der Waals surface area contributed by atoms with Crippen LogP contribution in [0, 0.1) is 5.92 Å². The van der Waals surface area contributed by atoms with Crippen molar-refractivity contribution in [2.45, 2.75) is 19.4 Å². The van der Waals surface area contributed by atoms with Gasteiger partial charge in [0.2, 0.25) is 0 Å². The standard InChI is InChI=1S/C25H27N3O3S/c29-32(30)12-8-28(9-13-32)18-20-14-22-16-23(21-4-2-1-3-5-21)27-25(22)24(15-20)26-17-19-6-10-31-11-7-19/h1-5,8-9,12-16,19,26-27H,6-7,10-11,17-18H2. The lowest BCUT2D eigenvalue weighted by atomic mass is 10.00. The van der Waals surface area contributed by atoms with Crippen LogP contribution in [0.3, 0.4) is 0 Å². The molecule has 3 aromatic rings. The number of anilines is 1. The van der Waals surface area contributed by atoms with Gasteiger partial charge in [-0.25, -0.2) is 8.42 Å². The number of ether oxygens (including phenoxy) is 1. The highest BCUT2D eigenvalue weighted by atomic mass is 32.2. The number of nitrogens with one attached hydrogen (secondary N) is 2. The van der Waals surface area contributed by atoms with Crippen molar-refractivity contribution in [3.05, 3.63) is 77.3 Å². The van der Waals surface area contributed by atoms with Crippen LogP contribution in [0.1, 0.15) is 18.4 Å². The van der Waals surface area contributed by atoms with Gasteiger partial charge in [-0.2, -0.15) is 0 Å². The van der Waals surface area contributed by atoms with Crippen molar-refractivity contribution in [2.24, 2.45) is 5.92 Å². The summed E-state index contributed by atoms with van der Waals surface area (Å²) < 4.78 is 28.8. The highest BCUT2D eigenvalue weighted by Gasteiger charge is 2.16. The Kier molecular flexibility index (Phi) is 5.76. The van der Waals surface area contributed by atoms with Gasteiger partial charge < -0.3 is 19.9 Å². The summed E-state index contributed by atoms with van der Waals surface area (Å²) in [4.78, 5) is 5.49. The van der Waals surface area contributed by atoms with Crippen LogP contribution in [0.5, 0.6) is 0 Å². The van der Waals surface area contributed by atoms with E-state index in [4.69, 9.17) is 4.74 Å². The molecule has 0 unspecified atom stereocenters. The Morgan fingerprint density at radius 1 is 1.03 bits per heavy atom. The molecule has 7 heteroatoms. The first-order chi connectivity index (χ1) is 15.6. The molecule has 0 bridgehead atoms. The Morgan fingerprint density at radius 2 is 1.78 bits per heavy atom. The molecule has 3 heterocycles. The number of H-pyrrole nitrogens is 1. The molecule has 6 nitrogen and oxygen atoms in total. The van der Waals surface area contributed by atoms with Crippen LogP contribution in [-0.4, -0.2) is 38.1 Å². The van der Waals surface area contributed by atoms with E-state index < -0.39 is 9.84 Å². The fraction of sp³-hybridized carbons (Fsp3) is 0.280. The zero-order valence-electron chi connectivity index (χ0n) is 17.8. The maximum atomic E-state index is 11.6. The minimum Gasteiger partial charge on any atom is -0.383 e. The van der Waals surface area contributed by atoms with Crippen molar-refractivity contribution in [2.75, 3.05) is 25.1 Å². The molecule has 0 radical (unpaired) electrons. The third-order valence-corrected chi connectivity index (χ3v) is 7.05. The van der Waals surface area contributed by atoms with Gasteiger partial charge in [0.05, 0.1) is 22.0 Å². The van der Waals surface area contributed by atoms with Crippen LogP contribution in [0.4, 0.5) is 5.69 Å². The van der Waals surface area contributed by atoms with Crippen molar-refractivity contribution in [3.63, 3.8) is 0 Å². The lowest BCUT2D eigenvalue weighted by molar-refractivity contribution is 0.0699. The lowest BCUT2D eigenvalue weighted by Gasteiger charge is -2.23. The van der Waals surface area contributed by atoms with Gasteiger partial charge in [-0.1, -0.05) is 30.3 Å². The number of benzene rings is 2. The van der Waals surface area contributed by atoms with Gasteiger partial charge in [-0.3, -0.25) is 0 Å². The van der Waals surface area contributed by atoms with E-state index in [-0.39, 0.29) is 0 Å². The van der Waals surface area contributed by atoms with E-state index >= 15 is 0 Å². The average Bonchev–Trinajstić information content (AvgIpc) is 3.25. The summed E-state index contributed by atoms with van der Waals surface area (Å²) in [5.74, 6) is 0.601. The molecule has 0 aliphatic carbocycles. The second-order valence-corrected chi connectivity index (χ2v) is 10.1. The third kappa shape index (κ3) is 4.74. The largest absolute Gasteiger partial charge is 0.383 e. The van der Waals surface area contributed by atoms with Crippen LogP contribution >= 0.6 is 0 Å². The summed E-state index contributed by atoms with van der Waals surface area (Å²) >= 11 is 0. The lowest BCUT2D eigenvalue weighted by Crippen LogP contribution is -2.22. The maximum absolute atomic E-state index is 11.6. The van der Waals surface area contributed by atoms with Crippen molar-refractivity contribution in [1.82, 2.24) is 9.88 Å². The first kappa shape index (κ1) is 20.8. The van der Waals surface area contributed by atoms with E-state index in [2.05, 4.69) is 40.6 Å².